The lowest BCUT2D eigenvalue weighted by Gasteiger charge is -2.37. The van der Waals surface area contributed by atoms with E-state index in [2.05, 4.69) is 0 Å². The molecular formula is C17H21F2N3O4S. The number of amides is 2. The van der Waals surface area contributed by atoms with Crippen molar-refractivity contribution in [3.05, 3.63) is 35.4 Å². The number of sulfonamides is 1. The molecule has 27 heavy (non-hydrogen) atoms. The Balaban J connectivity index is 1.62. The van der Waals surface area contributed by atoms with Crippen LogP contribution in [0.1, 0.15) is 23.2 Å². The van der Waals surface area contributed by atoms with E-state index in [-0.39, 0.29) is 37.6 Å². The number of benzene rings is 1. The van der Waals surface area contributed by atoms with E-state index in [0.29, 0.717) is 19.4 Å². The van der Waals surface area contributed by atoms with Crippen LogP contribution in [0.5, 0.6) is 0 Å². The highest BCUT2D eigenvalue weighted by molar-refractivity contribution is 7.88. The number of carbonyl (C=O) groups excluding carboxylic acids is 2. The van der Waals surface area contributed by atoms with Crippen LogP contribution in [0.3, 0.4) is 0 Å². The highest BCUT2D eigenvalue weighted by Gasteiger charge is 2.39. The first-order valence-corrected chi connectivity index (χ1v) is 10.5. The van der Waals surface area contributed by atoms with Gasteiger partial charge in [-0.2, -0.15) is 4.31 Å². The first kappa shape index (κ1) is 19.7. The second kappa shape index (κ2) is 7.51. The summed E-state index contributed by atoms with van der Waals surface area (Å²) in [5.74, 6) is -2.79. The molecule has 0 bridgehead atoms. The zero-order chi connectivity index (χ0) is 19.8. The number of hydrogen-bond acceptors (Lipinski definition) is 4. The van der Waals surface area contributed by atoms with Crippen molar-refractivity contribution in [3.63, 3.8) is 0 Å². The van der Waals surface area contributed by atoms with Crippen LogP contribution in [-0.4, -0.2) is 79.4 Å². The van der Waals surface area contributed by atoms with Crippen LogP contribution in [0.25, 0.3) is 0 Å². The van der Waals surface area contributed by atoms with E-state index in [9.17, 15) is 26.8 Å². The summed E-state index contributed by atoms with van der Waals surface area (Å²) in [5, 5.41) is 0. The van der Waals surface area contributed by atoms with Crippen LogP contribution in [0.15, 0.2) is 18.2 Å². The molecule has 1 aromatic carbocycles. The van der Waals surface area contributed by atoms with Gasteiger partial charge in [0, 0.05) is 38.3 Å². The first-order chi connectivity index (χ1) is 12.7. The lowest BCUT2D eigenvalue weighted by molar-refractivity contribution is -0.136. The Bertz CT molecular complexity index is 854. The molecule has 0 spiro atoms. The Morgan fingerprint density at radius 3 is 2.22 bits per heavy atom. The Morgan fingerprint density at radius 1 is 1.00 bits per heavy atom. The molecule has 2 saturated heterocycles. The zero-order valence-electron chi connectivity index (χ0n) is 14.9. The summed E-state index contributed by atoms with van der Waals surface area (Å²) >= 11 is 0. The minimum atomic E-state index is -3.45. The molecule has 7 nitrogen and oxygen atoms in total. The molecule has 10 heteroatoms. The number of hydrogen-bond donors (Lipinski definition) is 0. The summed E-state index contributed by atoms with van der Waals surface area (Å²) in [4.78, 5) is 28.2. The van der Waals surface area contributed by atoms with Crippen LogP contribution >= 0.6 is 0 Å². The monoisotopic (exact) mass is 401 g/mol. The van der Waals surface area contributed by atoms with Crippen molar-refractivity contribution in [2.75, 3.05) is 39.0 Å². The van der Waals surface area contributed by atoms with Crippen LogP contribution in [0.2, 0.25) is 0 Å². The lowest BCUT2D eigenvalue weighted by Crippen LogP contribution is -2.55. The largest absolute Gasteiger partial charge is 0.338 e. The van der Waals surface area contributed by atoms with Crippen molar-refractivity contribution < 1.29 is 26.8 Å². The van der Waals surface area contributed by atoms with Gasteiger partial charge in [0.15, 0.2) is 11.6 Å². The summed E-state index contributed by atoms with van der Waals surface area (Å²) in [6.07, 6.45) is 2.22. The van der Waals surface area contributed by atoms with Gasteiger partial charge in [-0.05, 0) is 31.0 Å². The van der Waals surface area contributed by atoms with Crippen molar-refractivity contribution in [2.24, 2.45) is 0 Å². The molecule has 0 aliphatic carbocycles. The third-order valence-electron chi connectivity index (χ3n) is 4.96. The van der Waals surface area contributed by atoms with E-state index in [4.69, 9.17) is 0 Å². The van der Waals surface area contributed by atoms with Crippen molar-refractivity contribution in [2.45, 2.75) is 18.9 Å². The average molecular weight is 401 g/mol. The van der Waals surface area contributed by atoms with Crippen molar-refractivity contribution >= 4 is 21.8 Å². The van der Waals surface area contributed by atoms with Crippen LogP contribution in [0, 0.1) is 11.6 Å². The molecule has 1 unspecified atom stereocenters. The summed E-state index contributed by atoms with van der Waals surface area (Å²) in [6.45, 7) is 1.36. The molecule has 2 fully saturated rings. The van der Waals surface area contributed by atoms with Gasteiger partial charge in [-0.1, -0.05) is 0 Å². The van der Waals surface area contributed by atoms with Gasteiger partial charge in [0.25, 0.3) is 5.91 Å². The van der Waals surface area contributed by atoms with E-state index in [1.54, 1.807) is 4.90 Å². The van der Waals surface area contributed by atoms with E-state index in [1.165, 1.54) is 15.3 Å². The summed E-state index contributed by atoms with van der Waals surface area (Å²) in [7, 11) is -3.45. The van der Waals surface area contributed by atoms with Crippen molar-refractivity contribution in [1.29, 1.82) is 0 Å². The molecule has 1 atom stereocenters. The number of rotatable bonds is 3. The number of piperazine rings is 1. The Morgan fingerprint density at radius 2 is 1.63 bits per heavy atom. The highest BCUT2D eigenvalue weighted by Crippen LogP contribution is 2.23. The average Bonchev–Trinajstić information content (AvgIpc) is 3.13. The second-order valence-corrected chi connectivity index (χ2v) is 8.71. The Labute approximate surface area is 156 Å². The van der Waals surface area contributed by atoms with E-state index in [1.807, 2.05) is 0 Å². The third-order valence-corrected chi connectivity index (χ3v) is 6.25. The fraction of sp³-hybridized carbons (Fsp3) is 0.529. The molecule has 0 N–H and O–H groups in total. The molecule has 2 amide bonds. The maximum Gasteiger partial charge on any atom is 0.254 e. The minimum absolute atomic E-state index is 0.0488. The lowest BCUT2D eigenvalue weighted by atomic mass is 10.1. The Kier molecular flexibility index (Phi) is 5.48. The zero-order valence-corrected chi connectivity index (χ0v) is 15.7. The molecule has 2 aliphatic rings. The topological polar surface area (TPSA) is 78.0 Å². The van der Waals surface area contributed by atoms with E-state index >= 15 is 0 Å². The van der Waals surface area contributed by atoms with Gasteiger partial charge < -0.3 is 9.80 Å². The third kappa shape index (κ3) is 4.11. The van der Waals surface area contributed by atoms with Crippen molar-refractivity contribution in [3.8, 4) is 0 Å². The normalized spacial score (nSPS) is 21.5. The predicted molar refractivity (Wildman–Crippen MR) is 93.4 cm³/mol. The van der Waals surface area contributed by atoms with Gasteiger partial charge in [-0.15, -0.1) is 0 Å². The molecular weight excluding hydrogens is 380 g/mol. The van der Waals surface area contributed by atoms with Gasteiger partial charge in [0.05, 0.1) is 6.26 Å². The minimum Gasteiger partial charge on any atom is -0.338 e. The molecule has 148 valence electrons. The second-order valence-electron chi connectivity index (χ2n) is 6.78. The number of nitrogens with zero attached hydrogens (tertiary/aromatic N) is 3. The Hall–Kier alpha value is -2.07. The van der Waals surface area contributed by atoms with Crippen LogP contribution in [0.4, 0.5) is 8.78 Å². The SMILES string of the molecule is CS(=O)(=O)N1CCCC1C(=O)N1CCN(C(=O)c2ccc(F)c(F)c2)CC1. The fourth-order valence-corrected chi connectivity index (χ4v) is 4.65. The van der Waals surface area contributed by atoms with Gasteiger partial charge in [0.1, 0.15) is 6.04 Å². The van der Waals surface area contributed by atoms with Gasteiger partial charge >= 0.3 is 0 Å². The van der Waals surface area contributed by atoms with Crippen molar-refractivity contribution in [1.82, 2.24) is 14.1 Å². The quantitative estimate of drug-likeness (QED) is 0.746. The van der Waals surface area contributed by atoms with Gasteiger partial charge in [0.2, 0.25) is 15.9 Å². The highest BCUT2D eigenvalue weighted by atomic mass is 32.2. The molecule has 2 aliphatic heterocycles. The molecule has 1 aromatic rings. The number of halogens is 2. The maximum absolute atomic E-state index is 13.3. The molecule has 0 saturated carbocycles. The van der Waals surface area contributed by atoms with Gasteiger partial charge in [-0.25, -0.2) is 17.2 Å². The summed E-state index contributed by atoms with van der Waals surface area (Å²) in [5.41, 5.74) is 0.0488. The van der Waals surface area contributed by atoms with Crippen LogP contribution < -0.4 is 0 Å². The van der Waals surface area contributed by atoms with E-state index < -0.39 is 33.6 Å². The molecule has 2 heterocycles. The van der Waals surface area contributed by atoms with Gasteiger partial charge in [-0.3, -0.25) is 9.59 Å². The maximum atomic E-state index is 13.3. The smallest absolute Gasteiger partial charge is 0.254 e. The molecule has 3 rings (SSSR count). The molecule has 0 radical (unpaired) electrons. The van der Waals surface area contributed by atoms with E-state index in [0.717, 1.165) is 18.4 Å². The predicted octanol–water partition coefficient (Wildman–Crippen LogP) is 0.673. The summed E-state index contributed by atoms with van der Waals surface area (Å²) in [6, 6.07) is 2.30. The standard InChI is InChI=1S/C17H21F2N3O4S/c1-27(25,26)22-6-2-3-15(22)17(24)21-9-7-20(8-10-21)16(23)12-4-5-13(18)14(19)11-12/h4-5,11,15H,2-3,6-10H2,1H3. The van der Waals surface area contributed by atoms with Crippen LogP contribution in [-0.2, 0) is 14.8 Å². The first-order valence-electron chi connectivity index (χ1n) is 8.68. The fourth-order valence-electron chi connectivity index (χ4n) is 3.54. The molecule has 0 aromatic heterocycles. The number of carbonyl (C=O) groups is 2. The summed E-state index contributed by atoms with van der Waals surface area (Å²) < 4.78 is 51.2.